The van der Waals surface area contributed by atoms with Crippen LogP contribution in [0.1, 0.15) is 42.5 Å². The number of thiazole rings is 1. The fourth-order valence-electron chi connectivity index (χ4n) is 2.49. The maximum atomic E-state index is 12.3. The number of aromatic nitrogens is 2. The Balaban J connectivity index is 1.69. The highest BCUT2D eigenvalue weighted by molar-refractivity contribution is 7.13. The Morgan fingerprint density at radius 3 is 2.58 bits per heavy atom. The molecule has 2 heterocycles. The largest absolute Gasteiger partial charge is 0.340 e. The van der Waals surface area contributed by atoms with Crippen molar-refractivity contribution in [2.24, 2.45) is 0 Å². The summed E-state index contributed by atoms with van der Waals surface area (Å²) in [5.41, 5.74) is 3.33. The molecule has 1 aromatic carbocycles. The molecule has 2 aromatic heterocycles. The van der Waals surface area contributed by atoms with Gasteiger partial charge in [0.2, 0.25) is 6.20 Å². The van der Waals surface area contributed by atoms with E-state index in [4.69, 9.17) is 0 Å². The number of carbonyl (C=O) groups excluding carboxylic acids is 1. The Hall–Kier alpha value is -2.73. The molecule has 6 heteroatoms. The van der Waals surface area contributed by atoms with Crippen LogP contribution in [0.25, 0.3) is 10.6 Å². The summed E-state index contributed by atoms with van der Waals surface area (Å²) in [4.78, 5) is 16.7. The van der Waals surface area contributed by atoms with Gasteiger partial charge in [0.05, 0.1) is 0 Å². The van der Waals surface area contributed by atoms with Crippen molar-refractivity contribution in [1.29, 1.82) is 0 Å². The predicted octanol–water partition coefficient (Wildman–Crippen LogP) is 3.56. The molecular weight excluding hydrogens is 346 g/mol. The maximum absolute atomic E-state index is 12.3. The smallest absolute Gasteiger partial charge is 0.271 e. The zero-order chi connectivity index (χ0) is 18.7. The lowest BCUT2D eigenvalue weighted by molar-refractivity contribution is -0.909. The van der Waals surface area contributed by atoms with Gasteiger partial charge in [0, 0.05) is 27.8 Å². The van der Waals surface area contributed by atoms with Crippen LogP contribution in [0.2, 0.25) is 0 Å². The normalized spacial score (nSPS) is 11.3. The molecule has 0 unspecified atom stereocenters. The molecule has 2 N–H and O–H groups in total. The van der Waals surface area contributed by atoms with Crippen molar-refractivity contribution in [2.45, 2.75) is 32.7 Å². The van der Waals surface area contributed by atoms with Crippen LogP contribution in [-0.4, -0.2) is 16.1 Å². The Kier molecular flexibility index (Phi) is 5.04. The van der Waals surface area contributed by atoms with E-state index in [9.17, 15) is 10.0 Å². The molecule has 1 amide bonds. The van der Waals surface area contributed by atoms with Gasteiger partial charge in [-0.3, -0.25) is 10.0 Å². The minimum atomic E-state index is -0.261. The second kappa shape index (κ2) is 7.25. The number of benzene rings is 1. The number of hydrogen-bond donors (Lipinski definition) is 2. The molecule has 0 atom stereocenters. The van der Waals surface area contributed by atoms with Crippen LogP contribution in [0, 0.1) is 0 Å². The van der Waals surface area contributed by atoms with Crippen LogP contribution in [0.5, 0.6) is 0 Å². The summed E-state index contributed by atoms with van der Waals surface area (Å²) in [6, 6.07) is 13.5. The lowest BCUT2D eigenvalue weighted by Gasteiger charge is -2.18. The van der Waals surface area contributed by atoms with E-state index in [2.05, 4.69) is 43.2 Å². The standard InChI is InChI=1S/C20H21N3O2S/c1-20(2,3)15-9-7-14(8-10-15)19-22-17(13-26-19)18(24)21-12-16-6-4-5-11-23(16)25/h4-11,13H,12H2,1-3H3,(H-,21,24,25)/p+1. The molecule has 0 fully saturated rings. The van der Waals surface area contributed by atoms with Crippen LogP contribution < -0.4 is 10.0 Å². The summed E-state index contributed by atoms with van der Waals surface area (Å²) >= 11 is 1.44. The highest BCUT2D eigenvalue weighted by Gasteiger charge is 2.16. The molecule has 5 nitrogen and oxygen atoms in total. The first-order valence-electron chi connectivity index (χ1n) is 8.38. The molecule has 0 radical (unpaired) electrons. The topological polar surface area (TPSA) is 66.1 Å². The monoisotopic (exact) mass is 368 g/mol. The third-order valence-electron chi connectivity index (χ3n) is 4.09. The van der Waals surface area contributed by atoms with Crippen LogP contribution in [0.15, 0.2) is 54.0 Å². The lowest BCUT2D eigenvalue weighted by Crippen LogP contribution is -2.38. The molecule has 0 aliphatic carbocycles. The van der Waals surface area contributed by atoms with Crippen molar-refractivity contribution in [3.63, 3.8) is 0 Å². The lowest BCUT2D eigenvalue weighted by atomic mass is 9.87. The number of rotatable bonds is 4. The molecule has 0 saturated heterocycles. The maximum Gasteiger partial charge on any atom is 0.271 e. The predicted molar refractivity (Wildman–Crippen MR) is 101 cm³/mol. The first kappa shape index (κ1) is 18.1. The van der Waals surface area contributed by atoms with Gasteiger partial charge < -0.3 is 5.32 Å². The van der Waals surface area contributed by atoms with Crippen molar-refractivity contribution >= 4 is 17.2 Å². The summed E-state index contributed by atoms with van der Waals surface area (Å²) in [6.45, 7) is 6.76. The van der Waals surface area contributed by atoms with E-state index >= 15 is 0 Å². The number of amides is 1. The molecule has 134 valence electrons. The van der Waals surface area contributed by atoms with Gasteiger partial charge in [0.15, 0.2) is 0 Å². The van der Waals surface area contributed by atoms with E-state index < -0.39 is 0 Å². The number of carbonyl (C=O) groups is 1. The SMILES string of the molecule is CC(C)(C)c1ccc(-c2nc(C(=O)NCc3cccc[n+]3O)cs2)cc1. The average Bonchev–Trinajstić information content (AvgIpc) is 3.10. The van der Waals surface area contributed by atoms with E-state index in [0.29, 0.717) is 11.4 Å². The second-order valence-corrected chi connectivity index (χ2v) is 7.94. The minimum Gasteiger partial charge on any atom is -0.340 e. The van der Waals surface area contributed by atoms with E-state index in [1.165, 1.54) is 23.1 Å². The molecule has 0 aliphatic heterocycles. The van der Waals surface area contributed by atoms with Crippen molar-refractivity contribution in [3.8, 4) is 10.6 Å². The fourth-order valence-corrected chi connectivity index (χ4v) is 3.30. The van der Waals surface area contributed by atoms with Crippen LogP contribution in [-0.2, 0) is 12.0 Å². The molecule has 0 aliphatic rings. The Bertz CT molecular complexity index is 911. The van der Waals surface area contributed by atoms with Gasteiger partial charge in [-0.1, -0.05) is 45.0 Å². The summed E-state index contributed by atoms with van der Waals surface area (Å²) in [6.07, 6.45) is 1.52. The average molecular weight is 368 g/mol. The molecule has 3 aromatic rings. The molecule has 0 bridgehead atoms. The summed E-state index contributed by atoms with van der Waals surface area (Å²) in [7, 11) is 0. The number of nitrogens with one attached hydrogen (secondary N) is 1. The van der Waals surface area contributed by atoms with E-state index in [1.807, 2.05) is 12.1 Å². The Morgan fingerprint density at radius 1 is 1.19 bits per heavy atom. The van der Waals surface area contributed by atoms with Gasteiger partial charge in [0.25, 0.3) is 11.6 Å². The molecule has 0 saturated carbocycles. The van der Waals surface area contributed by atoms with E-state index in [1.54, 1.807) is 23.6 Å². The van der Waals surface area contributed by atoms with Crippen LogP contribution >= 0.6 is 11.3 Å². The van der Waals surface area contributed by atoms with Crippen molar-refractivity contribution < 1.29 is 14.7 Å². The highest BCUT2D eigenvalue weighted by Crippen LogP contribution is 2.28. The third kappa shape index (κ3) is 4.08. The van der Waals surface area contributed by atoms with Gasteiger partial charge >= 0.3 is 0 Å². The first-order valence-corrected chi connectivity index (χ1v) is 9.26. The molecular formula is C20H22N3O2S+. The van der Waals surface area contributed by atoms with Gasteiger partial charge in [-0.05, 0) is 17.0 Å². The number of nitrogens with zero attached hydrogens (tertiary/aromatic N) is 2. The highest BCUT2D eigenvalue weighted by atomic mass is 32.1. The van der Waals surface area contributed by atoms with Crippen molar-refractivity contribution in [3.05, 3.63) is 71.0 Å². The zero-order valence-electron chi connectivity index (χ0n) is 15.1. The number of pyridine rings is 1. The van der Waals surface area contributed by atoms with E-state index in [0.717, 1.165) is 15.3 Å². The first-order chi connectivity index (χ1) is 12.3. The molecule has 3 rings (SSSR count). The second-order valence-electron chi connectivity index (χ2n) is 7.08. The van der Waals surface area contributed by atoms with Gasteiger partial charge in [0.1, 0.15) is 17.2 Å². The molecule has 26 heavy (non-hydrogen) atoms. The molecule has 0 spiro atoms. The van der Waals surface area contributed by atoms with Crippen LogP contribution in [0.4, 0.5) is 0 Å². The summed E-state index contributed by atoms with van der Waals surface area (Å²) in [5, 5.41) is 15.0. The number of hydrogen-bond acceptors (Lipinski definition) is 4. The van der Waals surface area contributed by atoms with Gasteiger partial charge in [-0.25, -0.2) is 4.98 Å². The van der Waals surface area contributed by atoms with Crippen LogP contribution in [0.3, 0.4) is 0 Å². The van der Waals surface area contributed by atoms with E-state index in [-0.39, 0.29) is 17.9 Å². The van der Waals surface area contributed by atoms with Gasteiger partial charge in [-0.2, -0.15) is 0 Å². The quantitative estimate of drug-likeness (QED) is 0.547. The third-order valence-corrected chi connectivity index (χ3v) is 4.98. The summed E-state index contributed by atoms with van der Waals surface area (Å²) in [5.74, 6) is -0.261. The Morgan fingerprint density at radius 2 is 1.92 bits per heavy atom. The van der Waals surface area contributed by atoms with Crippen molar-refractivity contribution in [1.82, 2.24) is 10.3 Å². The fraction of sp³-hybridized carbons (Fsp3) is 0.250. The minimum absolute atomic E-state index is 0.105. The Labute approximate surface area is 156 Å². The van der Waals surface area contributed by atoms with Crippen molar-refractivity contribution in [2.75, 3.05) is 0 Å². The summed E-state index contributed by atoms with van der Waals surface area (Å²) < 4.78 is 0.990. The zero-order valence-corrected chi connectivity index (χ0v) is 15.9. The van der Waals surface area contributed by atoms with Gasteiger partial charge in [-0.15, -0.1) is 11.3 Å².